The highest BCUT2D eigenvalue weighted by Gasteiger charge is 2.18. The molecule has 2 aromatic carbocycles. The second kappa shape index (κ2) is 9.58. The third-order valence-electron chi connectivity index (χ3n) is 5.75. The number of anilines is 1. The molecule has 0 unspecified atom stereocenters. The van der Waals surface area contributed by atoms with Crippen LogP contribution in [0.2, 0.25) is 5.02 Å². The fourth-order valence-electron chi connectivity index (χ4n) is 3.99. The first-order chi connectivity index (χ1) is 15.0. The van der Waals surface area contributed by atoms with Gasteiger partial charge in [0.15, 0.2) is 5.58 Å². The van der Waals surface area contributed by atoms with Crippen LogP contribution in [-0.2, 0) is 0 Å². The Morgan fingerprint density at radius 1 is 1.13 bits per heavy atom. The van der Waals surface area contributed by atoms with Crippen molar-refractivity contribution in [2.24, 2.45) is 0 Å². The molecule has 2 N–H and O–H groups in total. The van der Waals surface area contributed by atoms with E-state index in [1.165, 1.54) is 11.3 Å². The largest absolute Gasteiger partial charge is 0.417 e. The molecule has 0 radical (unpaired) electrons. The van der Waals surface area contributed by atoms with Gasteiger partial charge in [0.05, 0.1) is 5.52 Å². The first-order valence-electron chi connectivity index (χ1n) is 10.6. The molecule has 0 saturated carbocycles. The normalized spacial score (nSPS) is 14.8. The Labute approximate surface area is 186 Å². The molecule has 1 aliphatic heterocycles. The van der Waals surface area contributed by atoms with Gasteiger partial charge in [0.25, 0.3) is 5.91 Å². The number of amides is 1. The molecule has 1 amide bonds. The Kier molecular flexibility index (Phi) is 6.63. The van der Waals surface area contributed by atoms with E-state index < -0.39 is 5.76 Å². The molecule has 2 heterocycles. The SMILES string of the molecule is Cc1ccc(Cl)cc1N1CCN(CCCCNC(=O)c2ccc3oc(=O)[nH]c3c2)CC1. The molecular formula is C23H27ClN4O3. The van der Waals surface area contributed by atoms with Gasteiger partial charge in [0.1, 0.15) is 0 Å². The van der Waals surface area contributed by atoms with Gasteiger partial charge in [-0.25, -0.2) is 4.79 Å². The number of oxazole rings is 1. The van der Waals surface area contributed by atoms with Crippen LogP contribution in [0.5, 0.6) is 0 Å². The zero-order chi connectivity index (χ0) is 21.8. The molecule has 1 aliphatic rings. The second-order valence-corrected chi connectivity index (χ2v) is 8.38. The zero-order valence-corrected chi connectivity index (χ0v) is 18.4. The number of carbonyl (C=O) groups excluding carboxylic acids is 1. The molecule has 0 aliphatic carbocycles. The number of aromatic nitrogens is 1. The molecule has 31 heavy (non-hydrogen) atoms. The third kappa shape index (κ3) is 5.29. The number of carbonyl (C=O) groups is 1. The lowest BCUT2D eigenvalue weighted by molar-refractivity contribution is 0.0952. The molecule has 1 fully saturated rings. The van der Waals surface area contributed by atoms with Crippen molar-refractivity contribution >= 4 is 34.3 Å². The predicted octanol–water partition coefficient (Wildman–Crippen LogP) is 3.42. The highest BCUT2D eigenvalue weighted by molar-refractivity contribution is 6.30. The molecule has 3 aromatic rings. The van der Waals surface area contributed by atoms with E-state index >= 15 is 0 Å². The van der Waals surface area contributed by atoms with Crippen LogP contribution in [0.4, 0.5) is 5.69 Å². The minimum atomic E-state index is -0.518. The van der Waals surface area contributed by atoms with Crippen LogP contribution in [0.25, 0.3) is 11.1 Å². The van der Waals surface area contributed by atoms with E-state index in [-0.39, 0.29) is 5.91 Å². The summed E-state index contributed by atoms with van der Waals surface area (Å²) in [5.41, 5.74) is 3.98. The van der Waals surface area contributed by atoms with Crippen LogP contribution >= 0.6 is 11.6 Å². The smallest absolute Gasteiger partial charge is 0.408 e. The fraction of sp³-hybridized carbons (Fsp3) is 0.391. The Bertz CT molecular complexity index is 1120. The average Bonchev–Trinajstić information content (AvgIpc) is 3.14. The highest BCUT2D eigenvalue weighted by atomic mass is 35.5. The summed E-state index contributed by atoms with van der Waals surface area (Å²) in [5, 5.41) is 3.73. The topological polar surface area (TPSA) is 81.6 Å². The number of piperazine rings is 1. The lowest BCUT2D eigenvalue weighted by Gasteiger charge is -2.37. The molecule has 164 valence electrons. The van der Waals surface area contributed by atoms with Gasteiger partial charge in [-0.1, -0.05) is 17.7 Å². The van der Waals surface area contributed by atoms with E-state index in [4.69, 9.17) is 16.0 Å². The van der Waals surface area contributed by atoms with Crippen LogP contribution in [-0.4, -0.2) is 55.1 Å². The van der Waals surface area contributed by atoms with Gasteiger partial charge in [0.2, 0.25) is 0 Å². The van der Waals surface area contributed by atoms with Gasteiger partial charge >= 0.3 is 5.76 Å². The number of aryl methyl sites for hydroxylation is 1. The Morgan fingerprint density at radius 3 is 2.74 bits per heavy atom. The van der Waals surface area contributed by atoms with Gasteiger partial charge < -0.3 is 14.6 Å². The van der Waals surface area contributed by atoms with E-state index in [1.807, 2.05) is 6.07 Å². The van der Waals surface area contributed by atoms with Crippen molar-refractivity contribution in [3.8, 4) is 0 Å². The lowest BCUT2D eigenvalue weighted by Crippen LogP contribution is -2.46. The molecule has 0 spiro atoms. The first kappa shape index (κ1) is 21.5. The standard InChI is InChI=1S/C23H27ClN4O3/c1-16-4-6-18(24)15-20(16)28-12-10-27(11-13-28)9-3-2-8-25-22(29)17-5-7-21-19(14-17)26-23(30)31-21/h4-7,14-15H,2-3,8-13H2,1H3,(H,25,29)(H,26,30). The van der Waals surface area contributed by atoms with Crippen molar-refractivity contribution in [3.63, 3.8) is 0 Å². The maximum absolute atomic E-state index is 12.3. The lowest BCUT2D eigenvalue weighted by atomic mass is 10.1. The molecule has 8 heteroatoms. The Morgan fingerprint density at radius 2 is 1.94 bits per heavy atom. The number of hydrogen-bond acceptors (Lipinski definition) is 5. The van der Waals surface area contributed by atoms with E-state index in [0.717, 1.165) is 50.6 Å². The maximum Gasteiger partial charge on any atom is 0.417 e. The van der Waals surface area contributed by atoms with Gasteiger partial charge in [0, 0.05) is 49.0 Å². The van der Waals surface area contributed by atoms with E-state index in [9.17, 15) is 9.59 Å². The van der Waals surface area contributed by atoms with Crippen molar-refractivity contribution in [2.45, 2.75) is 19.8 Å². The van der Waals surface area contributed by atoms with Crippen molar-refractivity contribution in [2.75, 3.05) is 44.2 Å². The van der Waals surface area contributed by atoms with Crippen LogP contribution in [0.15, 0.2) is 45.6 Å². The number of H-pyrrole nitrogens is 1. The van der Waals surface area contributed by atoms with E-state index in [2.05, 4.69) is 39.2 Å². The number of nitrogens with one attached hydrogen (secondary N) is 2. The number of benzene rings is 2. The third-order valence-corrected chi connectivity index (χ3v) is 5.99. The van der Waals surface area contributed by atoms with Crippen molar-refractivity contribution in [1.82, 2.24) is 15.2 Å². The predicted molar refractivity (Wildman–Crippen MR) is 123 cm³/mol. The summed E-state index contributed by atoms with van der Waals surface area (Å²) in [4.78, 5) is 31.0. The molecule has 1 aromatic heterocycles. The van der Waals surface area contributed by atoms with E-state index in [0.29, 0.717) is 23.2 Å². The molecule has 0 bridgehead atoms. The summed E-state index contributed by atoms with van der Waals surface area (Å²) in [6.07, 6.45) is 1.95. The number of nitrogens with zero attached hydrogens (tertiary/aromatic N) is 2. The molecular weight excluding hydrogens is 416 g/mol. The first-order valence-corrected chi connectivity index (χ1v) is 11.0. The quantitative estimate of drug-likeness (QED) is 0.548. The minimum absolute atomic E-state index is 0.144. The molecule has 0 atom stereocenters. The molecule has 4 rings (SSSR count). The van der Waals surface area contributed by atoms with Gasteiger partial charge in [-0.3, -0.25) is 14.7 Å². The fourth-order valence-corrected chi connectivity index (χ4v) is 4.16. The summed E-state index contributed by atoms with van der Waals surface area (Å²) >= 11 is 6.17. The Balaban J connectivity index is 1.16. The van der Waals surface area contributed by atoms with Crippen molar-refractivity contribution in [1.29, 1.82) is 0 Å². The van der Waals surface area contributed by atoms with Gasteiger partial charge in [-0.15, -0.1) is 0 Å². The van der Waals surface area contributed by atoms with Crippen molar-refractivity contribution < 1.29 is 9.21 Å². The number of hydrogen-bond donors (Lipinski definition) is 2. The maximum atomic E-state index is 12.3. The monoisotopic (exact) mass is 442 g/mol. The average molecular weight is 443 g/mol. The number of halogens is 1. The summed E-state index contributed by atoms with van der Waals surface area (Å²) < 4.78 is 4.96. The number of fused-ring (bicyclic) bond motifs is 1. The number of rotatable bonds is 7. The zero-order valence-electron chi connectivity index (χ0n) is 17.6. The van der Waals surface area contributed by atoms with Gasteiger partial charge in [-0.05, 0) is 62.2 Å². The van der Waals surface area contributed by atoms with Crippen LogP contribution in [0.1, 0.15) is 28.8 Å². The van der Waals surface area contributed by atoms with Crippen molar-refractivity contribution in [3.05, 3.63) is 63.1 Å². The highest BCUT2D eigenvalue weighted by Crippen LogP contribution is 2.25. The summed E-state index contributed by atoms with van der Waals surface area (Å²) in [6, 6.07) is 11.0. The summed E-state index contributed by atoms with van der Waals surface area (Å²) in [6.45, 7) is 7.83. The van der Waals surface area contributed by atoms with E-state index in [1.54, 1.807) is 18.2 Å². The molecule has 7 nitrogen and oxygen atoms in total. The number of unbranched alkanes of at least 4 members (excludes halogenated alkanes) is 1. The van der Waals surface area contributed by atoms with Crippen LogP contribution < -0.4 is 16.0 Å². The summed E-state index contributed by atoms with van der Waals surface area (Å²) in [5.74, 6) is -0.662. The molecule has 1 saturated heterocycles. The van der Waals surface area contributed by atoms with Crippen LogP contribution in [0, 0.1) is 6.92 Å². The minimum Gasteiger partial charge on any atom is -0.408 e. The van der Waals surface area contributed by atoms with Crippen LogP contribution in [0.3, 0.4) is 0 Å². The second-order valence-electron chi connectivity index (χ2n) is 7.95. The van der Waals surface area contributed by atoms with Gasteiger partial charge in [-0.2, -0.15) is 0 Å². The summed E-state index contributed by atoms with van der Waals surface area (Å²) in [7, 11) is 0. The number of aromatic amines is 1. The Hall–Kier alpha value is -2.77.